The first kappa shape index (κ1) is 19.1. The van der Waals surface area contributed by atoms with Gasteiger partial charge in [-0.1, -0.05) is 63.8 Å². The van der Waals surface area contributed by atoms with E-state index in [9.17, 15) is 5.11 Å². The summed E-state index contributed by atoms with van der Waals surface area (Å²) in [5, 5.41) is 9.77. The molecular weight excluding hydrogens is 404 g/mol. The number of hydrogen-bond acceptors (Lipinski definition) is 1. The van der Waals surface area contributed by atoms with Crippen molar-refractivity contribution in [2.45, 2.75) is 62.3 Å². The van der Waals surface area contributed by atoms with Crippen molar-refractivity contribution in [3.05, 3.63) is 22.3 Å². The van der Waals surface area contributed by atoms with E-state index in [1.807, 2.05) is 0 Å². The SMILES string of the molecule is CC1=C(C)C(C)(C)C(C(C)(C)CO)=C(C)C1(C)C.[W]. The summed E-state index contributed by atoms with van der Waals surface area (Å²) < 4.78 is 0. The van der Waals surface area contributed by atoms with E-state index in [0.717, 1.165) is 0 Å². The van der Waals surface area contributed by atoms with Crippen molar-refractivity contribution in [3.8, 4) is 0 Å². The van der Waals surface area contributed by atoms with E-state index in [-0.39, 0.29) is 43.9 Å². The van der Waals surface area contributed by atoms with E-state index in [1.54, 1.807) is 0 Å². The summed E-state index contributed by atoms with van der Waals surface area (Å²) in [6.07, 6.45) is 0. The quantitative estimate of drug-likeness (QED) is 0.624. The molecule has 0 heterocycles. The van der Waals surface area contributed by atoms with Gasteiger partial charge in [0.05, 0.1) is 6.61 Å². The normalized spacial score (nSPS) is 22.4. The second kappa shape index (κ2) is 5.49. The Morgan fingerprint density at radius 2 is 1.21 bits per heavy atom. The molecule has 0 aromatic heterocycles. The standard InChI is InChI=1S/C17H30O.W/c1-11-12(2)17(8,9)14(15(4,5)10-18)13(3)16(11,6)7;/h18H,10H2,1-9H3;. The van der Waals surface area contributed by atoms with E-state index in [1.165, 1.54) is 22.3 Å². The van der Waals surface area contributed by atoms with Gasteiger partial charge in [-0.2, -0.15) is 0 Å². The zero-order valence-electron chi connectivity index (χ0n) is 14.1. The van der Waals surface area contributed by atoms with E-state index in [0.29, 0.717) is 0 Å². The van der Waals surface area contributed by atoms with Crippen LogP contribution in [0.15, 0.2) is 22.3 Å². The maximum absolute atomic E-state index is 9.77. The maximum Gasteiger partial charge on any atom is 0.0519 e. The summed E-state index contributed by atoms with van der Waals surface area (Å²) >= 11 is 0. The predicted molar refractivity (Wildman–Crippen MR) is 79.5 cm³/mol. The zero-order chi connectivity index (χ0) is 14.5. The number of aliphatic hydroxyl groups excluding tert-OH is 1. The van der Waals surface area contributed by atoms with Crippen LogP contribution >= 0.6 is 0 Å². The molecule has 1 nitrogen and oxygen atoms in total. The Morgan fingerprint density at radius 3 is 1.58 bits per heavy atom. The van der Waals surface area contributed by atoms with Crippen LogP contribution in [0.25, 0.3) is 0 Å². The number of aliphatic hydroxyl groups is 1. The van der Waals surface area contributed by atoms with Gasteiger partial charge >= 0.3 is 0 Å². The van der Waals surface area contributed by atoms with Gasteiger partial charge in [-0.25, -0.2) is 0 Å². The van der Waals surface area contributed by atoms with Gasteiger partial charge < -0.3 is 5.11 Å². The molecule has 0 aliphatic heterocycles. The van der Waals surface area contributed by atoms with Crippen LogP contribution in [-0.2, 0) is 21.1 Å². The molecule has 110 valence electrons. The molecule has 0 fully saturated rings. The minimum atomic E-state index is -0.160. The summed E-state index contributed by atoms with van der Waals surface area (Å²) in [7, 11) is 0. The molecule has 0 saturated heterocycles. The first-order chi connectivity index (χ1) is 7.90. The van der Waals surface area contributed by atoms with Crippen molar-refractivity contribution < 1.29 is 26.2 Å². The smallest absolute Gasteiger partial charge is 0.0519 e. The summed E-state index contributed by atoms with van der Waals surface area (Å²) in [5.41, 5.74) is 5.74. The van der Waals surface area contributed by atoms with Crippen LogP contribution in [0.3, 0.4) is 0 Å². The molecule has 0 amide bonds. The van der Waals surface area contributed by atoms with Gasteiger partial charge in [-0.15, -0.1) is 0 Å². The Kier molecular flexibility index (Phi) is 5.53. The van der Waals surface area contributed by atoms with Crippen molar-refractivity contribution in [2.75, 3.05) is 6.61 Å². The molecule has 0 bridgehead atoms. The largest absolute Gasteiger partial charge is 0.395 e. The summed E-state index contributed by atoms with van der Waals surface area (Å²) in [5.74, 6) is 0. The van der Waals surface area contributed by atoms with Gasteiger partial charge in [-0.05, 0) is 20.8 Å². The molecule has 0 aromatic carbocycles. The molecule has 1 rings (SSSR count). The van der Waals surface area contributed by atoms with Crippen molar-refractivity contribution in [3.63, 3.8) is 0 Å². The maximum atomic E-state index is 9.77. The van der Waals surface area contributed by atoms with E-state index >= 15 is 0 Å². The molecule has 0 atom stereocenters. The summed E-state index contributed by atoms with van der Waals surface area (Å²) in [6, 6.07) is 0. The first-order valence-electron chi connectivity index (χ1n) is 6.92. The number of hydrogen-bond donors (Lipinski definition) is 1. The van der Waals surface area contributed by atoms with Crippen LogP contribution in [0, 0.1) is 16.2 Å². The van der Waals surface area contributed by atoms with Crippen LogP contribution in [0.4, 0.5) is 0 Å². The average molecular weight is 434 g/mol. The molecule has 0 radical (unpaired) electrons. The molecule has 0 aromatic rings. The van der Waals surface area contributed by atoms with Crippen molar-refractivity contribution in [2.24, 2.45) is 16.2 Å². The van der Waals surface area contributed by atoms with Crippen LogP contribution in [0.5, 0.6) is 0 Å². The Morgan fingerprint density at radius 1 is 0.842 bits per heavy atom. The number of allylic oxidation sites excluding steroid dienone is 3. The van der Waals surface area contributed by atoms with Gasteiger partial charge in [-0.3, -0.25) is 0 Å². The molecule has 1 N–H and O–H groups in total. The van der Waals surface area contributed by atoms with Gasteiger partial charge in [0.2, 0.25) is 0 Å². The van der Waals surface area contributed by atoms with Gasteiger partial charge in [0.1, 0.15) is 0 Å². The second-order valence-electron chi connectivity index (χ2n) is 7.54. The Hall–Kier alpha value is 0.128. The molecule has 0 saturated carbocycles. The summed E-state index contributed by atoms with van der Waals surface area (Å²) in [6.45, 7) is 20.4. The molecular formula is C17H30OW. The van der Waals surface area contributed by atoms with Gasteiger partial charge in [0.25, 0.3) is 0 Å². The Balaban J connectivity index is 0.00000324. The molecule has 2 heteroatoms. The average Bonchev–Trinajstić information content (AvgIpc) is 2.24. The Labute approximate surface area is 133 Å². The molecule has 1 aliphatic carbocycles. The third kappa shape index (κ3) is 2.79. The zero-order valence-corrected chi connectivity index (χ0v) is 17.0. The van der Waals surface area contributed by atoms with Gasteiger partial charge in [0.15, 0.2) is 0 Å². The van der Waals surface area contributed by atoms with E-state index in [2.05, 4.69) is 62.3 Å². The van der Waals surface area contributed by atoms with E-state index < -0.39 is 0 Å². The topological polar surface area (TPSA) is 20.2 Å². The van der Waals surface area contributed by atoms with Crippen LogP contribution in [-0.4, -0.2) is 11.7 Å². The monoisotopic (exact) mass is 434 g/mol. The van der Waals surface area contributed by atoms with Crippen LogP contribution in [0.1, 0.15) is 62.3 Å². The van der Waals surface area contributed by atoms with Crippen LogP contribution < -0.4 is 0 Å². The summed E-state index contributed by atoms with van der Waals surface area (Å²) in [4.78, 5) is 0. The fourth-order valence-electron chi connectivity index (χ4n) is 3.62. The second-order valence-corrected chi connectivity index (χ2v) is 7.54. The molecule has 0 spiro atoms. The fraction of sp³-hybridized carbons (Fsp3) is 0.765. The van der Waals surface area contributed by atoms with E-state index in [4.69, 9.17) is 0 Å². The minimum absolute atomic E-state index is 0. The van der Waals surface area contributed by atoms with Crippen LogP contribution in [0.2, 0.25) is 0 Å². The predicted octanol–water partition coefficient (Wildman–Crippen LogP) is 4.72. The van der Waals surface area contributed by atoms with Crippen molar-refractivity contribution in [1.29, 1.82) is 0 Å². The Bertz CT molecular complexity index is 423. The van der Waals surface area contributed by atoms with Gasteiger partial charge in [0, 0.05) is 37.3 Å². The molecule has 0 unspecified atom stereocenters. The molecule has 19 heavy (non-hydrogen) atoms. The third-order valence-corrected chi connectivity index (χ3v) is 5.45. The fourth-order valence-corrected chi connectivity index (χ4v) is 3.62. The van der Waals surface area contributed by atoms with Crippen molar-refractivity contribution in [1.82, 2.24) is 0 Å². The number of rotatable bonds is 2. The molecule has 1 aliphatic rings. The minimum Gasteiger partial charge on any atom is -0.395 e. The van der Waals surface area contributed by atoms with Crippen molar-refractivity contribution >= 4 is 0 Å². The third-order valence-electron chi connectivity index (χ3n) is 5.45. The first-order valence-corrected chi connectivity index (χ1v) is 6.92.